The Labute approximate surface area is 142 Å². The summed E-state index contributed by atoms with van der Waals surface area (Å²) in [5, 5.41) is 19.1. The predicted molar refractivity (Wildman–Crippen MR) is 89.0 cm³/mol. The number of halogens is 1. The summed E-state index contributed by atoms with van der Waals surface area (Å²) in [5.74, 6) is 1.46. The number of ether oxygens (including phenoxy) is 1. The van der Waals surface area contributed by atoms with Crippen molar-refractivity contribution in [1.29, 1.82) is 0 Å². The van der Waals surface area contributed by atoms with Gasteiger partial charge in [-0.2, -0.15) is 0 Å². The number of methoxy groups -OCH3 is 1. The molecule has 0 saturated heterocycles. The fraction of sp³-hybridized carbons (Fsp3) is 0.125. The van der Waals surface area contributed by atoms with E-state index in [4.69, 9.17) is 20.8 Å². The van der Waals surface area contributed by atoms with Crippen LogP contribution >= 0.6 is 23.4 Å². The fourth-order valence-electron chi connectivity index (χ4n) is 1.95. The predicted octanol–water partition coefficient (Wildman–Crippen LogP) is 4.40. The van der Waals surface area contributed by atoms with Crippen LogP contribution in [0.25, 0.3) is 11.5 Å². The lowest BCUT2D eigenvalue weighted by molar-refractivity contribution is 0.407. The number of aromatic nitrogens is 2. The molecular weight excluding hydrogens is 336 g/mol. The lowest BCUT2D eigenvalue weighted by atomic mass is 10.2. The molecule has 0 aliphatic heterocycles. The van der Waals surface area contributed by atoms with Crippen molar-refractivity contribution >= 4 is 23.4 Å². The van der Waals surface area contributed by atoms with Gasteiger partial charge < -0.3 is 14.3 Å². The van der Waals surface area contributed by atoms with E-state index in [1.54, 1.807) is 12.1 Å². The van der Waals surface area contributed by atoms with Crippen LogP contribution in [-0.2, 0) is 5.75 Å². The average molecular weight is 349 g/mol. The zero-order chi connectivity index (χ0) is 16.2. The van der Waals surface area contributed by atoms with E-state index in [1.165, 1.54) is 24.9 Å². The minimum absolute atomic E-state index is 0.0238. The van der Waals surface area contributed by atoms with E-state index in [2.05, 4.69) is 10.2 Å². The van der Waals surface area contributed by atoms with Crippen LogP contribution in [0.3, 0.4) is 0 Å². The molecule has 0 bridgehead atoms. The maximum absolute atomic E-state index is 10.00. The van der Waals surface area contributed by atoms with Crippen LogP contribution in [0.5, 0.6) is 11.5 Å². The van der Waals surface area contributed by atoms with Crippen LogP contribution in [-0.4, -0.2) is 22.4 Å². The molecule has 5 nitrogen and oxygen atoms in total. The van der Waals surface area contributed by atoms with Gasteiger partial charge >= 0.3 is 0 Å². The highest BCUT2D eigenvalue weighted by Gasteiger charge is 2.14. The summed E-state index contributed by atoms with van der Waals surface area (Å²) >= 11 is 7.50. The molecule has 0 radical (unpaired) electrons. The summed E-state index contributed by atoms with van der Waals surface area (Å²) < 4.78 is 10.6. The van der Waals surface area contributed by atoms with Gasteiger partial charge in [0, 0.05) is 16.8 Å². The smallest absolute Gasteiger partial charge is 0.277 e. The third kappa shape index (κ3) is 3.60. The molecular formula is C16H13ClN2O3S. The zero-order valence-corrected chi connectivity index (χ0v) is 13.8. The van der Waals surface area contributed by atoms with Crippen molar-refractivity contribution in [2.75, 3.05) is 7.11 Å². The van der Waals surface area contributed by atoms with E-state index in [9.17, 15) is 5.11 Å². The number of hydrogen-bond donors (Lipinski definition) is 1. The van der Waals surface area contributed by atoms with E-state index in [0.717, 1.165) is 5.56 Å². The second-order valence-corrected chi connectivity index (χ2v) is 5.97. The zero-order valence-electron chi connectivity index (χ0n) is 12.2. The molecule has 0 atom stereocenters. The largest absolute Gasteiger partial charge is 0.507 e. The number of rotatable bonds is 5. The van der Waals surface area contributed by atoms with Gasteiger partial charge in [0.2, 0.25) is 0 Å². The third-order valence-corrected chi connectivity index (χ3v) is 4.39. The van der Waals surface area contributed by atoms with Crippen LogP contribution < -0.4 is 4.74 Å². The first-order valence-corrected chi connectivity index (χ1v) is 8.11. The van der Waals surface area contributed by atoms with Gasteiger partial charge in [-0.25, -0.2) is 0 Å². The van der Waals surface area contributed by atoms with Gasteiger partial charge in [0.1, 0.15) is 11.5 Å². The molecule has 23 heavy (non-hydrogen) atoms. The normalized spacial score (nSPS) is 10.7. The van der Waals surface area contributed by atoms with Gasteiger partial charge in [-0.3, -0.25) is 0 Å². The van der Waals surface area contributed by atoms with Crippen LogP contribution in [0.15, 0.2) is 52.1 Å². The summed E-state index contributed by atoms with van der Waals surface area (Å²) in [6, 6.07) is 12.5. The summed E-state index contributed by atoms with van der Waals surface area (Å²) in [7, 11) is 1.53. The average Bonchev–Trinajstić information content (AvgIpc) is 3.02. The molecule has 1 N–H and O–H groups in total. The van der Waals surface area contributed by atoms with Crippen LogP contribution in [0, 0.1) is 0 Å². The molecule has 2 aromatic carbocycles. The monoisotopic (exact) mass is 348 g/mol. The highest BCUT2D eigenvalue weighted by Crippen LogP contribution is 2.33. The number of hydrogen-bond acceptors (Lipinski definition) is 6. The summed E-state index contributed by atoms with van der Waals surface area (Å²) in [4.78, 5) is 0. The van der Waals surface area contributed by atoms with Crippen molar-refractivity contribution in [1.82, 2.24) is 10.2 Å². The second kappa shape index (κ2) is 6.93. The van der Waals surface area contributed by atoms with Gasteiger partial charge in [-0.15, -0.1) is 10.2 Å². The van der Waals surface area contributed by atoms with E-state index < -0.39 is 0 Å². The Morgan fingerprint density at radius 3 is 2.78 bits per heavy atom. The first-order valence-electron chi connectivity index (χ1n) is 6.74. The van der Waals surface area contributed by atoms with E-state index in [-0.39, 0.29) is 11.6 Å². The SMILES string of the molecule is COc1ccc(-c2nnc(SCc3ccccc3Cl)o2)c(O)c1. The standard InChI is InChI=1S/C16H13ClN2O3S/c1-21-11-6-7-12(14(20)8-11)15-18-19-16(22-15)23-9-10-4-2-3-5-13(10)17/h2-8,20H,9H2,1H3. The fourth-order valence-corrected chi connectivity index (χ4v) is 3.00. The number of aromatic hydroxyl groups is 1. The number of thioether (sulfide) groups is 1. The first kappa shape index (κ1) is 15.7. The Bertz CT molecular complexity index is 823. The Morgan fingerprint density at radius 2 is 2.04 bits per heavy atom. The van der Waals surface area contributed by atoms with Crippen molar-refractivity contribution in [2.45, 2.75) is 11.0 Å². The molecule has 0 saturated carbocycles. The minimum atomic E-state index is 0.0238. The number of nitrogens with zero attached hydrogens (tertiary/aromatic N) is 2. The highest BCUT2D eigenvalue weighted by molar-refractivity contribution is 7.98. The maximum atomic E-state index is 10.00. The van der Waals surface area contributed by atoms with Gasteiger partial charge in [0.15, 0.2) is 0 Å². The molecule has 7 heteroatoms. The molecule has 0 spiro atoms. The lowest BCUT2D eigenvalue weighted by Gasteiger charge is -2.03. The molecule has 0 fully saturated rings. The summed E-state index contributed by atoms with van der Waals surface area (Å²) in [5.41, 5.74) is 1.45. The van der Waals surface area contributed by atoms with Gasteiger partial charge in [0.05, 0.1) is 12.7 Å². The minimum Gasteiger partial charge on any atom is -0.507 e. The van der Waals surface area contributed by atoms with Crippen LogP contribution in [0.4, 0.5) is 0 Å². The molecule has 1 heterocycles. The van der Waals surface area contributed by atoms with Gasteiger partial charge in [-0.05, 0) is 23.8 Å². The first-order chi connectivity index (χ1) is 11.2. The van der Waals surface area contributed by atoms with E-state index >= 15 is 0 Å². The lowest BCUT2D eigenvalue weighted by Crippen LogP contribution is -1.84. The molecule has 3 aromatic rings. The van der Waals surface area contributed by atoms with Crippen LogP contribution in [0.1, 0.15) is 5.56 Å². The molecule has 0 aliphatic rings. The highest BCUT2D eigenvalue weighted by atomic mass is 35.5. The topological polar surface area (TPSA) is 68.4 Å². The number of benzene rings is 2. The molecule has 3 rings (SSSR count). The molecule has 0 unspecified atom stereocenters. The summed E-state index contributed by atoms with van der Waals surface area (Å²) in [6.07, 6.45) is 0. The molecule has 118 valence electrons. The van der Waals surface area contributed by atoms with Crippen molar-refractivity contribution in [3.05, 3.63) is 53.1 Å². The van der Waals surface area contributed by atoms with Gasteiger partial charge in [0.25, 0.3) is 11.1 Å². The molecule has 0 aliphatic carbocycles. The Morgan fingerprint density at radius 1 is 1.22 bits per heavy atom. The van der Waals surface area contributed by atoms with Crippen molar-refractivity contribution in [2.24, 2.45) is 0 Å². The third-order valence-electron chi connectivity index (χ3n) is 3.15. The quantitative estimate of drug-likeness (QED) is 0.689. The Hall–Kier alpha value is -2.18. The van der Waals surface area contributed by atoms with Crippen molar-refractivity contribution < 1.29 is 14.3 Å². The molecule has 0 amide bonds. The van der Waals surface area contributed by atoms with Gasteiger partial charge in [-0.1, -0.05) is 41.6 Å². The molecule has 1 aromatic heterocycles. The van der Waals surface area contributed by atoms with Crippen molar-refractivity contribution in [3.8, 4) is 23.0 Å². The van der Waals surface area contributed by atoms with E-state index in [1.807, 2.05) is 24.3 Å². The summed E-state index contributed by atoms with van der Waals surface area (Å²) in [6.45, 7) is 0. The Kier molecular flexibility index (Phi) is 4.73. The number of phenols is 1. The van der Waals surface area contributed by atoms with E-state index in [0.29, 0.717) is 27.3 Å². The maximum Gasteiger partial charge on any atom is 0.277 e. The van der Waals surface area contributed by atoms with Crippen molar-refractivity contribution in [3.63, 3.8) is 0 Å². The Balaban J connectivity index is 1.74. The van der Waals surface area contributed by atoms with Crippen LogP contribution in [0.2, 0.25) is 5.02 Å². The second-order valence-electron chi connectivity index (χ2n) is 4.64. The number of phenolic OH excluding ortho intramolecular Hbond substituents is 1.